The number of carbonyl (C=O) groups excluding carboxylic acids is 1. The molecule has 1 saturated carbocycles. The third-order valence-corrected chi connectivity index (χ3v) is 5.63. The van der Waals surface area contributed by atoms with Crippen LogP contribution in [0.25, 0.3) is 17.1 Å². The van der Waals surface area contributed by atoms with Crippen molar-refractivity contribution in [3.8, 4) is 0 Å². The summed E-state index contributed by atoms with van der Waals surface area (Å²) in [5.74, 6) is 0.315. The van der Waals surface area contributed by atoms with Gasteiger partial charge in [-0.2, -0.15) is 4.99 Å². The maximum Gasteiger partial charge on any atom is 0.286 e. The molecule has 5 rings (SSSR count). The number of thioether (sulfide) groups is 1. The molecule has 1 amide bonds. The fourth-order valence-corrected chi connectivity index (χ4v) is 4.16. The van der Waals surface area contributed by atoms with Crippen molar-refractivity contribution in [1.29, 1.82) is 0 Å². The monoisotopic (exact) mass is 360 g/mol. The number of carbonyl (C=O) groups is 1. The quantitative estimate of drug-likeness (QED) is 0.699. The topological polar surface area (TPSA) is 70.1 Å². The Morgan fingerprint density at radius 3 is 2.96 bits per heavy atom. The number of hydrogen-bond acceptors (Lipinski definition) is 4. The number of aromatic amines is 1. The second-order valence-electron chi connectivity index (χ2n) is 6.48. The molecule has 1 aromatic carbocycles. The van der Waals surface area contributed by atoms with Crippen molar-refractivity contribution >= 4 is 39.9 Å². The van der Waals surface area contributed by atoms with Gasteiger partial charge in [0.25, 0.3) is 5.91 Å². The number of aliphatic imine (C=N–C) groups is 1. The van der Waals surface area contributed by atoms with Crippen LogP contribution >= 0.6 is 11.8 Å². The minimum Gasteiger partial charge on any atom is -0.361 e. The van der Waals surface area contributed by atoms with Crippen molar-refractivity contribution in [2.75, 3.05) is 0 Å². The Kier molecular flexibility index (Phi) is 3.64. The highest BCUT2D eigenvalue weighted by molar-refractivity contribution is 8.18. The lowest BCUT2D eigenvalue weighted by atomic mass is 10.1. The van der Waals surface area contributed by atoms with E-state index in [0.717, 1.165) is 23.0 Å². The molecule has 0 radical (unpaired) electrons. The molecule has 26 heavy (non-hydrogen) atoms. The van der Waals surface area contributed by atoms with E-state index in [4.69, 9.17) is 0 Å². The van der Waals surface area contributed by atoms with Gasteiger partial charge in [-0.25, -0.2) is 4.98 Å². The summed E-state index contributed by atoms with van der Waals surface area (Å²) >= 11 is 1.41. The van der Waals surface area contributed by atoms with Crippen molar-refractivity contribution in [2.24, 2.45) is 4.99 Å². The summed E-state index contributed by atoms with van der Waals surface area (Å²) in [5, 5.41) is 5.11. The van der Waals surface area contributed by atoms with Crippen molar-refractivity contribution in [2.45, 2.75) is 18.4 Å². The molecule has 6 heteroatoms. The molecule has 2 aliphatic rings. The summed E-state index contributed by atoms with van der Waals surface area (Å²) in [6, 6.07) is 14.7. The van der Waals surface area contributed by atoms with Crippen molar-refractivity contribution < 1.29 is 4.79 Å². The van der Waals surface area contributed by atoms with Gasteiger partial charge in [-0.3, -0.25) is 4.79 Å². The van der Waals surface area contributed by atoms with Crippen LogP contribution in [0.2, 0.25) is 0 Å². The summed E-state index contributed by atoms with van der Waals surface area (Å²) < 4.78 is 0. The molecule has 128 valence electrons. The van der Waals surface area contributed by atoms with Crippen LogP contribution in [-0.4, -0.2) is 27.1 Å². The number of hydrogen-bond donors (Lipinski definition) is 2. The summed E-state index contributed by atoms with van der Waals surface area (Å²) in [4.78, 5) is 24.5. The number of amides is 1. The highest BCUT2D eigenvalue weighted by atomic mass is 32.2. The van der Waals surface area contributed by atoms with Gasteiger partial charge in [0.1, 0.15) is 5.65 Å². The van der Waals surface area contributed by atoms with Gasteiger partial charge in [-0.15, -0.1) is 0 Å². The molecule has 1 fully saturated rings. The van der Waals surface area contributed by atoms with Gasteiger partial charge in [0.15, 0.2) is 5.17 Å². The highest BCUT2D eigenvalue weighted by Crippen LogP contribution is 2.42. The molecule has 3 heterocycles. The van der Waals surface area contributed by atoms with Crippen LogP contribution < -0.4 is 5.32 Å². The first-order valence-corrected chi connectivity index (χ1v) is 9.36. The summed E-state index contributed by atoms with van der Waals surface area (Å²) in [7, 11) is 0. The lowest BCUT2D eigenvalue weighted by Crippen LogP contribution is -2.22. The molecular formula is C20H16N4OS. The van der Waals surface area contributed by atoms with Crippen molar-refractivity contribution in [3.63, 3.8) is 0 Å². The van der Waals surface area contributed by atoms with Gasteiger partial charge in [0.05, 0.1) is 4.91 Å². The van der Waals surface area contributed by atoms with E-state index in [2.05, 4.69) is 44.5 Å². The number of nitrogens with zero attached hydrogens (tertiary/aromatic N) is 2. The minimum absolute atomic E-state index is 0.187. The molecule has 1 unspecified atom stereocenters. The number of amidine groups is 1. The predicted octanol–water partition coefficient (Wildman–Crippen LogP) is 3.68. The minimum atomic E-state index is -0.187. The normalized spacial score (nSPS) is 23.5. The van der Waals surface area contributed by atoms with Crippen LogP contribution in [-0.2, 0) is 4.79 Å². The van der Waals surface area contributed by atoms with E-state index in [9.17, 15) is 4.79 Å². The maximum atomic E-state index is 12.3. The molecule has 2 aromatic heterocycles. The summed E-state index contributed by atoms with van der Waals surface area (Å²) in [6.45, 7) is 0. The van der Waals surface area contributed by atoms with E-state index in [0.29, 0.717) is 22.0 Å². The first-order chi connectivity index (χ1) is 12.8. The Hall–Kier alpha value is -2.86. The fraction of sp³-hybridized carbons (Fsp3) is 0.150. The number of fused-ring (bicyclic) bond motifs is 1. The van der Waals surface area contributed by atoms with Gasteiger partial charge in [-0.1, -0.05) is 30.3 Å². The zero-order chi connectivity index (χ0) is 17.5. The second-order valence-corrected chi connectivity index (χ2v) is 7.51. The van der Waals surface area contributed by atoms with E-state index in [1.54, 1.807) is 6.20 Å². The zero-order valence-electron chi connectivity index (χ0n) is 13.8. The van der Waals surface area contributed by atoms with Crippen molar-refractivity contribution in [3.05, 3.63) is 70.9 Å². The van der Waals surface area contributed by atoms with Crippen LogP contribution in [0.15, 0.2) is 64.8 Å². The summed E-state index contributed by atoms with van der Waals surface area (Å²) in [5.41, 5.74) is 3.11. The number of aromatic nitrogens is 2. The number of nitrogens with one attached hydrogen (secondary N) is 2. The third kappa shape index (κ3) is 2.82. The Labute approximate surface area is 154 Å². The van der Waals surface area contributed by atoms with Gasteiger partial charge in [0.2, 0.25) is 0 Å². The smallest absolute Gasteiger partial charge is 0.286 e. The first-order valence-electron chi connectivity index (χ1n) is 8.54. The van der Waals surface area contributed by atoms with Crippen LogP contribution in [0.3, 0.4) is 0 Å². The number of pyridine rings is 1. The summed E-state index contributed by atoms with van der Waals surface area (Å²) in [6.07, 6.45) is 6.57. The van der Waals surface area contributed by atoms with E-state index >= 15 is 0 Å². The van der Waals surface area contributed by atoms with Gasteiger partial charge in [0, 0.05) is 35.3 Å². The average molecular weight is 360 g/mol. The van der Waals surface area contributed by atoms with E-state index in [-0.39, 0.29) is 5.91 Å². The largest absolute Gasteiger partial charge is 0.361 e. The zero-order valence-corrected chi connectivity index (χ0v) is 14.7. The Morgan fingerprint density at radius 2 is 2.08 bits per heavy atom. The van der Waals surface area contributed by atoms with Gasteiger partial charge in [-0.05, 0) is 42.0 Å². The molecule has 3 aromatic rings. The Bertz CT molecular complexity index is 1050. The van der Waals surface area contributed by atoms with Crippen LogP contribution in [0.5, 0.6) is 0 Å². The molecule has 2 N–H and O–H groups in total. The number of H-pyrrole nitrogens is 1. The third-order valence-electron chi connectivity index (χ3n) is 4.72. The van der Waals surface area contributed by atoms with Gasteiger partial charge >= 0.3 is 0 Å². The second kappa shape index (κ2) is 6.14. The fourth-order valence-electron chi connectivity index (χ4n) is 3.29. The molecule has 2 atom stereocenters. The number of benzene rings is 1. The average Bonchev–Trinajstić information content (AvgIpc) is 3.18. The van der Waals surface area contributed by atoms with Crippen LogP contribution in [0, 0.1) is 0 Å². The lowest BCUT2D eigenvalue weighted by Gasteiger charge is -2.04. The van der Waals surface area contributed by atoms with E-state index in [1.807, 2.05) is 30.5 Å². The molecule has 0 bridgehead atoms. The molecule has 1 aliphatic carbocycles. The van der Waals surface area contributed by atoms with Crippen LogP contribution in [0.4, 0.5) is 0 Å². The van der Waals surface area contributed by atoms with Gasteiger partial charge < -0.3 is 10.3 Å². The maximum absolute atomic E-state index is 12.3. The van der Waals surface area contributed by atoms with Crippen LogP contribution in [0.1, 0.15) is 23.5 Å². The molecule has 1 aliphatic heterocycles. The predicted molar refractivity (Wildman–Crippen MR) is 105 cm³/mol. The molecule has 0 spiro atoms. The standard InChI is InChI=1S/C20H16N4OS/c25-19-17(9-13-11-22-18-14(13)7-4-8-21-18)26-20(24-19)23-16-10-15(16)12-5-2-1-3-6-12/h1-9,11,15-16H,10H2,(H,21,22)(H,23,24,25)/b17-9-/t15-,16?/m1/s1. The Morgan fingerprint density at radius 1 is 1.19 bits per heavy atom. The molecule has 5 nitrogen and oxygen atoms in total. The lowest BCUT2D eigenvalue weighted by molar-refractivity contribution is -0.113. The molecular weight excluding hydrogens is 344 g/mol. The van der Waals surface area contributed by atoms with E-state index < -0.39 is 0 Å². The SMILES string of the molecule is O=C1N=C(NC2C[C@@H]2c2ccccc2)S/C1=C\c1c[nH]c2ncccc12. The highest BCUT2D eigenvalue weighted by Gasteiger charge is 2.40. The molecule has 0 saturated heterocycles. The number of rotatable bonds is 3. The Balaban J connectivity index is 1.29. The van der Waals surface area contributed by atoms with E-state index in [1.165, 1.54) is 17.3 Å². The van der Waals surface area contributed by atoms with Crippen molar-refractivity contribution in [1.82, 2.24) is 15.3 Å². The first kappa shape index (κ1) is 15.4.